The normalized spacial score (nSPS) is 13.0. The van der Waals surface area contributed by atoms with Gasteiger partial charge in [-0.2, -0.15) is 5.10 Å². The standard InChI is InChI=1S/C15H25N3/c1-6-12-11-14(18(7-2)17-12)13(16)9-8-10-15(3,4)5/h11,13H,6-7,9,16H2,1-5H3. The van der Waals surface area contributed by atoms with Crippen LogP contribution in [0.5, 0.6) is 0 Å². The average molecular weight is 247 g/mol. The van der Waals surface area contributed by atoms with Crippen molar-refractivity contribution in [2.24, 2.45) is 11.1 Å². The van der Waals surface area contributed by atoms with Crippen molar-refractivity contribution in [3.8, 4) is 11.8 Å². The third kappa shape index (κ3) is 4.19. The van der Waals surface area contributed by atoms with Gasteiger partial charge in [0, 0.05) is 18.4 Å². The van der Waals surface area contributed by atoms with Gasteiger partial charge in [0.1, 0.15) is 0 Å². The van der Waals surface area contributed by atoms with Gasteiger partial charge in [-0.3, -0.25) is 4.68 Å². The molecule has 0 aromatic carbocycles. The van der Waals surface area contributed by atoms with E-state index in [0.29, 0.717) is 6.42 Å². The summed E-state index contributed by atoms with van der Waals surface area (Å²) in [5.74, 6) is 6.41. The maximum Gasteiger partial charge on any atom is 0.0625 e. The number of nitrogens with zero attached hydrogens (tertiary/aromatic N) is 2. The highest BCUT2D eigenvalue weighted by molar-refractivity contribution is 5.17. The Hall–Kier alpha value is -1.27. The molecule has 0 aliphatic rings. The second-order valence-corrected chi connectivity index (χ2v) is 5.59. The molecule has 1 atom stereocenters. The van der Waals surface area contributed by atoms with Crippen molar-refractivity contribution < 1.29 is 0 Å². The van der Waals surface area contributed by atoms with Crippen LogP contribution < -0.4 is 5.73 Å². The Morgan fingerprint density at radius 3 is 2.56 bits per heavy atom. The predicted molar refractivity (Wildman–Crippen MR) is 76.1 cm³/mol. The minimum atomic E-state index is -0.0485. The molecule has 2 N–H and O–H groups in total. The summed E-state index contributed by atoms with van der Waals surface area (Å²) in [7, 11) is 0. The van der Waals surface area contributed by atoms with Gasteiger partial charge in [-0.15, -0.1) is 5.92 Å². The van der Waals surface area contributed by atoms with Crippen molar-refractivity contribution in [1.29, 1.82) is 0 Å². The summed E-state index contributed by atoms with van der Waals surface area (Å²) in [5.41, 5.74) is 8.44. The minimum Gasteiger partial charge on any atom is -0.322 e. The van der Waals surface area contributed by atoms with E-state index in [0.717, 1.165) is 24.4 Å². The van der Waals surface area contributed by atoms with Crippen molar-refractivity contribution in [3.63, 3.8) is 0 Å². The van der Waals surface area contributed by atoms with Crippen LogP contribution in [0.15, 0.2) is 6.07 Å². The van der Waals surface area contributed by atoms with E-state index >= 15 is 0 Å². The molecule has 0 bridgehead atoms. The van der Waals surface area contributed by atoms with Gasteiger partial charge in [0.2, 0.25) is 0 Å². The first-order valence-electron chi connectivity index (χ1n) is 6.69. The Labute approximate surface area is 111 Å². The molecule has 0 saturated heterocycles. The lowest BCUT2D eigenvalue weighted by Gasteiger charge is -2.11. The van der Waals surface area contributed by atoms with Crippen LogP contribution in [0.25, 0.3) is 0 Å². The van der Waals surface area contributed by atoms with E-state index < -0.39 is 0 Å². The molecular formula is C15H25N3. The van der Waals surface area contributed by atoms with Gasteiger partial charge >= 0.3 is 0 Å². The van der Waals surface area contributed by atoms with Crippen LogP contribution in [0.3, 0.4) is 0 Å². The lowest BCUT2D eigenvalue weighted by atomic mass is 9.97. The number of aryl methyl sites for hydroxylation is 2. The largest absolute Gasteiger partial charge is 0.322 e. The molecule has 0 saturated carbocycles. The zero-order valence-corrected chi connectivity index (χ0v) is 12.2. The first-order valence-corrected chi connectivity index (χ1v) is 6.69. The van der Waals surface area contributed by atoms with Gasteiger partial charge in [0.25, 0.3) is 0 Å². The van der Waals surface area contributed by atoms with Crippen LogP contribution in [0.2, 0.25) is 0 Å². The highest BCUT2D eigenvalue weighted by atomic mass is 15.3. The molecule has 1 rings (SSSR count). The molecule has 18 heavy (non-hydrogen) atoms. The molecule has 0 spiro atoms. The topological polar surface area (TPSA) is 43.8 Å². The first-order chi connectivity index (χ1) is 8.37. The lowest BCUT2D eigenvalue weighted by Crippen LogP contribution is -2.15. The summed E-state index contributed by atoms with van der Waals surface area (Å²) in [6.45, 7) is 11.4. The number of rotatable bonds is 4. The molecule has 1 aromatic rings. The van der Waals surface area contributed by atoms with E-state index in [2.05, 4.69) is 57.6 Å². The van der Waals surface area contributed by atoms with Gasteiger partial charge in [0.15, 0.2) is 0 Å². The second kappa shape index (κ2) is 6.06. The van der Waals surface area contributed by atoms with Crippen LogP contribution in [-0.4, -0.2) is 9.78 Å². The van der Waals surface area contributed by atoms with Crippen molar-refractivity contribution >= 4 is 0 Å². The quantitative estimate of drug-likeness (QED) is 0.831. The maximum atomic E-state index is 6.21. The van der Waals surface area contributed by atoms with Gasteiger partial charge < -0.3 is 5.73 Å². The number of hydrogen-bond acceptors (Lipinski definition) is 2. The summed E-state index contributed by atoms with van der Waals surface area (Å²) < 4.78 is 1.99. The lowest BCUT2D eigenvalue weighted by molar-refractivity contribution is 0.562. The molecule has 1 aromatic heterocycles. The Morgan fingerprint density at radius 2 is 2.06 bits per heavy atom. The van der Waals surface area contributed by atoms with Crippen LogP contribution in [0, 0.1) is 17.3 Å². The molecule has 1 heterocycles. The van der Waals surface area contributed by atoms with Crippen LogP contribution in [0.1, 0.15) is 58.5 Å². The van der Waals surface area contributed by atoms with Gasteiger partial charge in [-0.1, -0.05) is 12.8 Å². The van der Waals surface area contributed by atoms with Crippen molar-refractivity contribution in [1.82, 2.24) is 9.78 Å². The maximum absolute atomic E-state index is 6.21. The zero-order chi connectivity index (χ0) is 13.8. The Balaban J connectivity index is 2.79. The van der Waals surface area contributed by atoms with Crippen LogP contribution in [0.4, 0.5) is 0 Å². The predicted octanol–water partition coefficient (Wildman–Crippen LogP) is 2.90. The van der Waals surface area contributed by atoms with E-state index in [4.69, 9.17) is 5.73 Å². The van der Waals surface area contributed by atoms with Crippen molar-refractivity contribution in [3.05, 3.63) is 17.5 Å². The van der Waals surface area contributed by atoms with E-state index in [1.54, 1.807) is 0 Å². The molecule has 3 nitrogen and oxygen atoms in total. The monoisotopic (exact) mass is 247 g/mol. The molecule has 0 fully saturated rings. The van der Waals surface area contributed by atoms with Crippen molar-refractivity contribution in [2.75, 3.05) is 0 Å². The highest BCUT2D eigenvalue weighted by Crippen LogP contribution is 2.17. The zero-order valence-electron chi connectivity index (χ0n) is 12.2. The molecule has 100 valence electrons. The summed E-state index contributed by atoms with van der Waals surface area (Å²) in [4.78, 5) is 0. The van der Waals surface area contributed by atoms with E-state index in [-0.39, 0.29) is 11.5 Å². The molecule has 3 heteroatoms. The molecule has 0 aliphatic carbocycles. The molecule has 0 aliphatic heterocycles. The van der Waals surface area contributed by atoms with E-state index in [1.807, 2.05) is 4.68 Å². The number of hydrogen-bond donors (Lipinski definition) is 1. The third-order valence-electron chi connectivity index (χ3n) is 2.69. The summed E-state index contributed by atoms with van der Waals surface area (Å²) >= 11 is 0. The fourth-order valence-electron chi connectivity index (χ4n) is 1.74. The summed E-state index contributed by atoms with van der Waals surface area (Å²) in [6, 6.07) is 2.06. The average Bonchev–Trinajstić information content (AvgIpc) is 2.70. The minimum absolute atomic E-state index is 0.0410. The summed E-state index contributed by atoms with van der Waals surface area (Å²) in [5, 5.41) is 4.51. The van der Waals surface area contributed by atoms with Gasteiger partial charge in [0.05, 0.1) is 17.4 Å². The fraction of sp³-hybridized carbons (Fsp3) is 0.667. The SMILES string of the molecule is CCc1cc(C(N)CC#CC(C)(C)C)n(CC)n1. The molecular weight excluding hydrogens is 222 g/mol. The fourth-order valence-corrected chi connectivity index (χ4v) is 1.74. The van der Waals surface area contributed by atoms with E-state index in [9.17, 15) is 0 Å². The van der Waals surface area contributed by atoms with Gasteiger partial charge in [-0.25, -0.2) is 0 Å². The number of nitrogens with two attached hydrogens (primary N) is 1. The Bertz CT molecular complexity index is 441. The van der Waals surface area contributed by atoms with E-state index in [1.165, 1.54) is 0 Å². The molecule has 0 amide bonds. The molecule has 0 radical (unpaired) electrons. The summed E-state index contributed by atoms with van der Waals surface area (Å²) in [6.07, 6.45) is 1.63. The van der Waals surface area contributed by atoms with Crippen LogP contribution in [-0.2, 0) is 13.0 Å². The Kier molecular flexibility index (Phi) is 4.98. The van der Waals surface area contributed by atoms with Crippen LogP contribution >= 0.6 is 0 Å². The first kappa shape index (κ1) is 14.8. The number of aromatic nitrogens is 2. The van der Waals surface area contributed by atoms with Crippen molar-refractivity contribution in [2.45, 2.75) is 60.0 Å². The highest BCUT2D eigenvalue weighted by Gasteiger charge is 2.13. The second-order valence-electron chi connectivity index (χ2n) is 5.59. The molecule has 1 unspecified atom stereocenters. The van der Waals surface area contributed by atoms with Gasteiger partial charge in [-0.05, 0) is 40.2 Å². The third-order valence-corrected chi connectivity index (χ3v) is 2.69. The Morgan fingerprint density at radius 1 is 1.39 bits per heavy atom. The smallest absolute Gasteiger partial charge is 0.0625 e.